The smallest absolute Gasteiger partial charge is 0.251 e. The largest absolute Gasteiger partial charge is 0.341 e. The molecule has 1 heterocycles. The molecule has 0 unspecified atom stereocenters. The Hall–Kier alpha value is -1.58. The first-order chi connectivity index (χ1) is 8.58. The van der Waals surface area contributed by atoms with Crippen molar-refractivity contribution in [2.75, 3.05) is 13.1 Å². The Balaban J connectivity index is 2.75. The molecule has 4 nitrogen and oxygen atoms in total. The highest BCUT2D eigenvalue weighted by Gasteiger charge is 2.12. The Labute approximate surface area is 108 Å². The minimum atomic E-state index is -0.115. The first kappa shape index (κ1) is 14.5. The van der Waals surface area contributed by atoms with E-state index in [4.69, 9.17) is 0 Å². The van der Waals surface area contributed by atoms with Crippen LogP contribution in [-0.4, -0.2) is 28.5 Å². The van der Waals surface area contributed by atoms with E-state index in [1.165, 1.54) is 4.57 Å². The highest BCUT2D eigenvalue weighted by molar-refractivity contribution is 5.75. The van der Waals surface area contributed by atoms with Gasteiger partial charge in [0, 0.05) is 25.4 Å². The minimum Gasteiger partial charge on any atom is -0.341 e. The number of hydrogen-bond acceptors (Lipinski definition) is 2. The molecule has 4 heteroatoms. The number of carbonyl (C=O) groups excluding carboxylic acids is 1. The SMILES string of the molecule is CCCN(CCC)C(=O)Cn1ccc(C)cc1=O. The maximum absolute atomic E-state index is 12.1. The van der Waals surface area contributed by atoms with E-state index in [1.54, 1.807) is 12.3 Å². The van der Waals surface area contributed by atoms with Crippen LogP contribution in [0, 0.1) is 6.92 Å². The summed E-state index contributed by atoms with van der Waals surface area (Å²) in [7, 11) is 0. The van der Waals surface area contributed by atoms with Crippen LogP contribution in [-0.2, 0) is 11.3 Å². The zero-order valence-electron chi connectivity index (χ0n) is 11.5. The molecule has 0 aromatic carbocycles. The summed E-state index contributed by atoms with van der Waals surface area (Å²) in [5, 5.41) is 0. The number of rotatable bonds is 6. The third kappa shape index (κ3) is 4.02. The third-order valence-corrected chi connectivity index (χ3v) is 2.80. The lowest BCUT2D eigenvalue weighted by molar-refractivity contribution is -0.132. The molecule has 0 saturated carbocycles. The molecule has 100 valence electrons. The van der Waals surface area contributed by atoms with Crippen LogP contribution in [0.5, 0.6) is 0 Å². The normalized spacial score (nSPS) is 10.4. The van der Waals surface area contributed by atoms with Crippen LogP contribution in [0.2, 0.25) is 0 Å². The van der Waals surface area contributed by atoms with Crippen molar-refractivity contribution in [1.82, 2.24) is 9.47 Å². The molecule has 0 saturated heterocycles. The topological polar surface area (TPSA) is 42.3 Å². The van der Waals surface area contributed by atoms with Crippen molar-refractivity contribution in [3.8, 4) is 0 Å². The molecule has 0 aliphatic carbocycles. The second-order valence-corrected chi connectivity index (χ2v) is 4.55. The molecular formula is C14H22N2O2. The van der Waals surface area contributed by atoms with Gasteiger partial charge in [0.15, 0.2) is 0 Å². The van der Waals surface area contributed by atoms with Gasteiger partial charge >= 0.3 is 0 Å². The first-order valence-corrected chi connectivity index (χ1v) is 6.53. The van der Waals surface area contributed by atoms with E-state index in [0.717, 1.165) is 31.5 Å². The Morgan fingerprint density at radius 1 is 1.28 bits per heavy atom. The number of aryl methyl sites for hydroxylation is 1. The second-order valence-electron chi connectivity index (χ2n) is 4.55. The highest BCUT2D eigenvalue weighted by atomic mass is 16.2. The fourth-order valence-corrected chi connectivity index (χ4v) is 1.88. The summed E-state index contributed by atoms with van der Waals surface area (Å²) in [5.41, 5.74) is 0.805. The summed E-state index contributed by atoms with van der Waals surface area (Å²) in [6.45, 7) is 7.62. The molecule has 18 heavy (non-hydrogen) atoms. The van der Waals surface area contributed by atoms with E-state index >= 15 is 0 Å². The summed E-state index contributed by atoms with van der Waals surface area (Å²) in [6, 6.07) is 3.40. The van der Waals surface area contributed by atoms with Gasteiger partial charge in [-0.2, -0.15) is 0 Å². The third-order valence-electron chi connectivity index (χ3n) is 2.80. The minimum absolute atomic E-state index is 0.0182. The molecule has 1 rings (SSSR count). The van der Waals surface area contributed by atoms with Crippen molar-refractivity contribution < 1.29 is 4.79 Å². The van der Waals surface area contributed by atoms with Gasteiger partial charge in [-0.3, -0.25) is 9.59 Å². The standard InChI is InChI=1S/C14H22N2O2/c1-4-7-15(8-5-2)14(18)11-16-9-6-12(3)10-13(16)17/h6,9-10H,4-5,7-8,11H2,1-3H3. The summed E-state index contributed by atoms with van der Waals surface area (Å²) in [4.78, 5) is 25.6. The zero-order chi connectivity index (χ0) is 13.5. The van der Waals surface area contributed by atoms with Gasteiger partial charge < -0.3 is 9.47 Å². The number of pyridine rings is 1. The fourth-order valence-electron chi connectivity index (χ4n) is 1.88. The summed E-state index contributed by atoms with van der Waals surface area (Å²) < 4.78 is 1.47. The van der Waals surface area contributed by atoms with Crippen LogP contribution in [0.3, 0.4) is 0 Å². The Morgan fingerprint density at radius 2 is 1.89 bits per heavy atom. The van der Waals surface area contributed by atoms with Gasteiger partial charge in [0.2, 0.25) is 5.91 Å². The molecule has 0 N–H and O–H groups in total. The average Bonchev–Trinajstić information content (AvgIpc) is 2.32. The van der Waals surface area contributed by atoms with Crippen molar-refractivity contribution in [3.05, 3.63) is 34.2 Å². The van der Waals surface area contributed by atoms with E-state index in [0.29, 0.717) is 0 Å². The van der Waals surface area contributed by atoms with Gasteiger partial charge in [-0.05, 0) is 31.4 Å². The molecule has 1 aromatic rings. The van der Waals surface area contributed by atoms with E-state index in [9.17, 15) is 9.59 Å². The maximum Gasteiger partial charge on any atom is 0.251 e. The van der Waals surface area contributed by atoms with E-state index in [-0.39, 0.29) is 18.0 Å². The van der Waals surface area contributed by atoms with Gasteiger partial charge in [0.25, 0.3) is 5.56 Å². The number of nitrogens with zero attached hydrogens (tertiary/aromatic N) is 2. The van der Waals surface area contributed by atoms with E-state index in [1.807, 2.05) is 31.7 Å². The molecule has 0 bridgehead atoms. The lowest BCUT2D eigenvalue weighted by Gasteiger charge is -2.21. The number of hydrogen-bond donors (Lipinski definition) is 0. The van der Waals surface area contributed by atoms with Crippen LogP contribution >= 0.6 is 0 Å². The molecule has 0 fully saturated rings. The summed E-state index contributed by atoms with van der Waals surface area (Å²) >= 11 is 0. The Kier molecular flexibility index (Phi) is 5.62. The lowest BCUT2D eigenvalue weighted by Crippen LogP contribution is -2.37. The second kappa shape index (κ2) is 6.99. The van der Waals surface area contributed by atoms with Crippen molar-refractivity contribution in [2.24, 2.45) is 0 Å². The highest BCUT2D eigenvalue weighted by Crippen LogP contribution is 1.98. The molecule has 0 radical (unpaired) electrons. The Bertz CT molecular complexity index is 445. The van der Waals surface area contributed by atoms with Crippen molar-refractivity contribution in [2.45, 2.75) is 40.2 Å². The molecule has 0 atom stereocenters. The van der Waals surface area contributed by atoms with Crippen LogP contribution < -0.4 is 5.56 Å². The number of aromatic nitrogens is 1. The molecule has 0 spiro atoms. The zero-order valence-corrected chi connectivity index (χ0v) is 11.5. The molecule has 0 aliphatic heterocycles. The molecular weight excluding hydrogens is 228 g/mol. The monoisotopic (exact) mass is 250 g/mol. The van der Waals surface area contributed by atoms with Crippen LogP contribution in [0.15, 0.2) is 23.1 Å². The van der Waals surface area contributed by atoms with Gasteiger partial charge in [-0.15, -0.1) is 0 Å². The Morgan fingerprint density at radius 3 is 2.39 bits per heavy atom. The summed E-state index contributed by atoms with van der Waals surface area (Å²) in [5.74, 6) is 0.0182. The van der Waals surface area contributed by atoms with Gasteiger partial charge in [-0.1, -0.05) is 13.8 Å². The maximum atomic E-state index is 12.1. The van der Waals surface area contributed by atoms with Crippen molar-refractivity contribution >= 4 is 5.91 Å². The van der Waals surface area contributed by atoms with Gasteiger partial charge in [-0.25, -0.2) is 0 Å². The predicted molar refractivity (Wildman–Crippen MR) is 72.6 cm³/mol. The van der Waals surface area contributed by atoms with Crippen LogP contribution in [0.4, 0.5) is 0 Å². The van der Waals surface area contributed by atoms with E-state index < -0.39 is 0 Å². The van der Waals surface area contributed by atoms with Gasteiger partial charge in [0.1, 0.15) is 6.54 Å². The first-order valence-electron chi connectivity index (χ1n) is 6.53. The van der Waals surface area contributed by atoms with Crippen LogP contribution in [0.1, 0.15) is 32.3 Å². The van der Waals surface area contributed by atoms with E-state index in [2.05, 4.69) is 0 Å². The molecule has 1 aromatic heterocycles. The number of amides is 1. The van der Waals surface area contributed by atoms with Gasteiger partial charge in [0.05, 0.1) is 0 Å². The van der Waals surface area contributed by atoms with Crippen LogP contribution in [0.25, 0.3) is 0 Å². The molecule has 0 aliphatic rings. The number of carbonyl (C=O) groups is 1. The summed E-state index contributed by atoms with van der Waals surface area (Å²) in [6.07, 6.45) is 3.56. The van der Waals surface area contributed by atoms with Crippen molar-refractivity contribution in [3.63, 3.8) is 0 Å². The predicted octanol–water partition coefficient (Wildman–Crippen LogP) is 1.81. The average molecular weight is 250 g/mol. The molecule has 1 amide bonds. The fraction of sp³-hybridized carbons (Fsp3) is 0.571. The van der Waals surface area contributed by atoms with Crippen molar-refractivity contribution in [1.29, 1.82) is 0 Å². The lowest BCUT2D eigenvalue weighted by atomic mass is 10.3. The quantitative estimate of drug-likeness (QED) is 0.772.